The SMILES string of the molecule is Cc1cc(F)cc(C)c1S(=O)(=O)N1CCC(N2CCNCC2)C1. The molecule has 0 amide bonds. The number of halogens is 1. The normalized spacial score (nSPS) is 24.2. The number of hydrogen-bond donors (Lipinski definition) is 1. The van der Waals surface area contributed by atoms with Crippen molar-refractivity contribution in [1.29, 1.82) is 0 Å². The van der Waals surface area contributed by atoms with Crippen molar-refractivity contribution in [2.24, 2.45) is 0 Å². The monoisotopic (exact) mass is 341 g/mol. The highest BCUT2D eigenvalue weighted by Gasteiger charge is 2.36. The third-order valence-corrected chi connectivity index (χ3v) is 6.99. The zero-order valence-electron chi connectivity index (χ0n) is 13.7. The van der Waals surface area contributed by atoms with Crippen molar-refractivity contribution in [3.63, 3.8) is 0 Å². The maximum atomic E-state index is 13.5. The van der Waals surface area contributed by atoms with Gasteiger partial charge in [-0.05, 0) is 43.5 Å². The number of rotatable bonds is 3. The second-order valence-electron chi connectivity index (χ2n) is 6.46. The van der Waals surface area contributed by atoms with E-state index in [9.17, 15) is 12.8 Å². The Morgan fingerprint density at radius 2 is 1.74 bits per heavy atom. The van der Waals surface area contributed by atoms with Gasteiger partial charge in [-0.1, -0.05) is 0 Å². The fraction of sp³-hybridized carbons (Fsp3) is 0.625. The first-order valence-corrected chi connectivity index (χ1v) is 9.55. The maximum absolute atomic E-state index is 13.5. The van der Waals surface area contributed by atoms with Gasteiger partial charge in [-0.2, -0.15) is 4.31 Å². The summed E-state index contributed by atoms with van der Waals surface area (Å²) in [4.78, 5) is 2.64. The van der Waals surface area contributed by atoms with Gasteiger partial charge in [0.1, 0.15) is 5.82 Å². The van der Waals surface area contributed by atoms with Crippen LogP contribution in [0, 0.1) is 19.7 Å². The van der Waals surface area contributed by atoms with E-state index >= 15 is 0 Å². The molecule has 1 atom stereocenters. The molecule has 2 saturated heterocycles. The minimum absolute atomic E-state index is 0.264. The van der Waals surface area contributed by atoms with E-state index in [2.05, 4.69) is 10.2 Å². The number of piperazine rings is 1. The van der Waals surface area contributed by atoms with Gasteiger partial charge in [-0.15, -0.1) is 0 Å². The van der Waals surface area contributed by atoms with Gasteiger partial charge in [0.2, 0.25) is 10.0 Å². The van der Waals surface area contributed by atoms with Crippen LogP contribution in [0.2, 0.25) is 0 Å². The van der Waals surface area contributed by atoms with Crippen LogP contribution < -0.4 is 5.32 Å². The topological polar surface area (TPSA) is 52.7 Å². The summed E-state index contributed by atoms with van der Waals surface area (Å²) in [7, 11) is -3.56. The molecular formula is C16H24FN3O2S. The Hall–Kier alpha value is -1.02. The van der Waals surface area contributed by atoms with E-state index in [0.29, 0.717) is 24.2 Å². The second-order valence-corrected chi connectivity index (χ2v) is 8.34. The van der Waals surface area contributed by atoms with Gasteiger partial charge in [-0.3, -0.25) is 4.90 Å². The zero-order valence-corrected chi connectivity index (χ0v) is 14.5. The average Bonchev–Trinajstić information content (AvgIpc) is 2.97. The van der Waals surface area contributed by atoms with E-state index in [-0.39, 0.29) is 16.8 Å². The van der Waals surface area contributed by atoms with Crippen molar-refractivity contribution in [3.8, 4) is 0 Å². The van der Waals surface area contributed by atoms with Crippen LogP contribution in [0.15, 0.2) is 17.0 Å². The molecule has 2 heterocycles. The largest absolute Gasteiger partial charge is 0.314 e. The molecule has 23 heavy (non-hydrogen) atoms. The van der Waals surface area contributed by atoms with E-state index in [4.69, 9.17) is 0 Å². The first-order chi connectivity index (χ1) is 10.9. The van der Waals surface area contributed by atoms with Crippen molar-refractivity contribution >= 4 is 10.0 Å². The summed E-state index contributed by atoms with van der Waals surface area (Å²) in [6.45, 7) is 8.23. The number of benzene rings is 1. The molecular weight excluding hydrogens is 317 g/mol. The molecule has 0 aromatic heterocycles. The second kappa shape index (κ2) is 6.47. The van der Waals surface area contributed by atoms with Crippen LogP contribution in [0.25, 0.3) is 0 Å². The lowest BCUT2D eigenvalue weighted by atomic mass is 10.1. The van der Waals surface area contributed by atoms with Crippen molar-refractivity contribution in [3.05, 3.63) is 29.1 Å². The first kappa shape index (κ1) is 16.8. The van der Waals surface area contributed by atoms with E-state index in [0.717, 1.165) is 32.6 Å². The smallest absolute Gasteiger partial charge is 0.243 e. The minimum Gasteiger partial charge on any atom is -0.314 e. The van der Waals surface area contributed by atoms with Crippen LogP contribution >= 0.6 is 0 Å². The summed E-state index contributed by atoms with van der Waals surface area (Å²) in [5.74, 6) is -0.390. The molecule has 2 aliphatic heterocycles. The number of aryl methyl sites for hydroxylation is 2. The summed E-state index contributed by atoms with van der Waals surface area (Å²) in [5.41, 5.74) is 0.959. The molecule has 5 nitrogen and oxygen atoms in total. The lowest BCUT2D eigenvalue weighted by Gasteiger charge is -2.32. The van der Waals surface area contributed by atoms with E-state index in [1.807, 2.05) is 0 Å². The third kappa shape index (κ3) is 3.28. The average molecular weight is 341 g/mol. The quantitative estimate of drug-likeness (QED) is 0.895. The summed E-state index contributed by atoms with van der Waals surface area (Å²) in [6, 6.07) is 2.88. The van der Waals surface area contributed by atoms with Crippen LogP contribution in [0.1, 0.15) is 17.5 Å². The molecule has 3 rings (SSSR count). The summed E-state index contributed by atoms with van der Waals surface area (Å²) in [6.07, 6.45) is 0.860. The Kier molecular flexibility index (Phi) is 4.73. The predicted molar refractivity (Wildman–Crippen MR) is 87.5 cm³/mol. The number of nitrogens with zero attached hydrogens (tertiary/aromatic N) is 2. The van der Waals surface area contributed by atoms with Gasteiger partial charge in [0, 0.05) is 45.3 Å². The van der Waals surface area contributed by atoms with E-state index in [1.54, 1.807) is 18.2 Å². The Morgan fingerprint density at radius 1 is 1.13 bits per heavy atom. The van der Waals surface area contributed by atoms with Crippen molar-refractivity contribution in [2.45, 2.75) is 31.2 Å². The van der Waals surface area contributed by atoms with Gasteiger partial charge in [-0.25, -0.2) is 12.8 Å². The molecule has 7 heteroatoms. The van der Waals surface area contributed by atoms with E-state index < -0.39 is 10.0 Å². The Balaban J connectivity index is 1.81. The maximum Gasteiger partial charge on any atom is 0.243 e. The molecule has 0 bridgehead atoms. The standard InChI is InChI=1S/C16H24FN3O2S/c1-12-9-14(17)10-13(2)16(12)23(21,22)20-6-3-15(11-20)19-7-4-18-5-8-19/h9-10,15,18H,3-8,11H2,1-2H3. The molecule has 1 unspecified atom stereocenters. The highest BCUT2D eigenvalue weighted by atomic mass is 32.2. The van der Waals surface area contributed by atoms with Crippen LogP contribution in [0.5, 0.6) is 0 Å². The van der Waals surface area contributed by atoms with Crippen molar-refractivity contribution < 1.29 is 12.8 Å². The number of hydrogen-bond acceptors (Lipinski definition) is 4. The summed E-state index contributed by atoms with van der Waals surface area (Å²) >= 11 is 0. The molecule has 0 spiro atoms. The van der Waals surface area contributed by atoms with Gasteiger partial charge < -0.3 is 5.32 Å². The molecule has 1 N–H and O–H groups in total. The van der Waals surface area contributed by atoms with E-state index in [1.165, 1.54) is 12.1 Å². The Labute approximate surface area is 137 Å². The van der Waals surface area contributed by atoms with Crippen LogP contribution in [0.3, 0.4) is 0 Å². The van der Waals surface area contributed by atoms with Crippen LogP contribution in [0.4, 0.5) is 4.39 Å². The Bertz CT molecular complexity index is 664. The van der Waals surface area contributed by atoms with Gasteiger partial charge >= 0.3 is 0 Å². The summed E-state index contributed by atoms with van der Waals surface area (Å²) < 4.78 is 41.0. The first-order valence-electron chi connectivity index (χ1n) is 8.11. The molecule has 0 radical (unpaired) electrons. The molecule has 1 aromatic carbocycles. The lowest BCUT2D eigenvalue weighted by molar-refractivity contribution is 0.179. The lowest BCUT2D eigenvalue weighted by Crippen LogP contribution is -2.49. The highest BCUT2D eigenvalue weighted by molar-refractivity contribution is 7.89. The summed E-state index contributed by atoms with van der Waals surface area (Å²) in [5, 5.41) is 3.32. The highest BCUT2D eigenvalue weighted by Crippen LogP contribution is 2.28. The van der Waals surface area contributed by atoms with Crippen LogP contribution in [-0.2, 0) is 10.0 Å². The molecule has 2 aliphatic rings. The molecule has 2 fully saturated rings. The molecule has 128 valence electrons. The van der Waals surface area contributed by atoms with Crippen molar-refractivity contribution in [2.75, 3.05) is 39.3 Å². The van der Waals surface area contributed by atoms with Gasteiger partial charge in [0.05, 0.1) is 4.90 Å². The number of nitrogens with one attached hydrogen (secondary N) is 1. The zero-order chi connectivity index (χ0) is 16.6. The fourth-order valence-electron chi connectivity index (χ4n) is 3.71. The number of sulfonamides is 1. The van der Waals surface area contributed by atoms with Gasteiger partial charge in [0.25, 0.3) is 0 Å². The minimum atomic E-state index is -3.56. The van der Waals surface area contributed by atoms with Crippen molar-refractivity contribution in [1.82, 2.24) is 14.5 Å². The van der Waals surface area contributed by atoms with Crippen LogP contribution in [-0.4, -0.2) is 62.9 Å². The fourth-order valence-corrected chi connectivity index (χ4v) is 5.61. The molecule has 0 aliphatic carbocycles. The third-order valence-electron chi connectivity index (χ3n) is 4.82. The van der Waals surface area contributed by atoms with Gasteiger partial charge in [0.15, 0.2) is 0 Å². The molecule has 1 aromatic rings. The predicted octanol–water partition coefficient (Wildman–Crippen LogP) is 1.11. The molecule has 0 saturated carbocycles. The Morgan fingerprint density at radius 3 is 2.35 bits per heavy atom.